The predicted octanol–water partition coefficient (Wildman–Crippen LogP) is 2.93. The van der Waals surface area contributed by atoms with Crippen molar-refractivity contribution >= 4 is 23.4 Å². The summed E-state index contributed by atoms with van der Waals surface area (Å²) in [7, 11) is 1.56. The van der Waals surface area contributed by atoms with Crippen molar-refractivity contribution in [1.29, 1.82) is 0 Å². The normalized spacial score (nSPS) is 11.8. The molecule has 1 heterocycles. The number of nitrogens with zero attached hydrogens (tertiary/aromatic N) is 4. The number of carbonyl (C=O) groups excluding carboxylic acids is 1. The minimum absolute atomic E-state index is 0.240. The standard InChI is InChI=1S/C17H16FN5O2S/c1-11(16(24)19-13-9-7-12(18)8-10-13)26-17-20-21-22-23(17)14-5-3-4-6-15(14)25-2/h3-11H,1-2H3,(H,19,24). The monoisotopic (exact) mass is 373 g/mol. The van der Waals surface area contributed by atoms with Gasteiger partial charge in [0.05, 0.1) is 12.4 Å². The Bertz CT molecular complexity index is 900. The summed E-state index contributed by atoms with van der Waals surface area (Å²) in [6, 6.07) is 12.9. The third-order valence-electron chi connectivity index (χ3n) is 3.52. The number of carbonyl (C=O) groups is 1. The summed E-state index contributed by atoms with van der Waals surface area (Å²) in [6.07, 6.45) is 0. The highest BCUT2D eigenvalue weighted by molar-refractivity contribution is 8.00. The number of tetrazole rings is 1. The molecule has 26 heavy (non-hydrogen) atoms. The molecular weight excluding hydrogens is 357 g/mol. The number of amides is 1. The molecule has 1 amide bonds. The first-order chi connectivity index (χ1) is 12.6. The Labute approximate surface area is 153 Å². The van der Waals surface area contributed by atoms with Gasteiger partial charge in [-0.05, 0) is 53.7 Å². The third-order valence-corrected chi connectivity index (χ3v) is 4.55. The first-order valence-electron chi connectivity index (χ1n) is 7.73. The molecule has 0 spiro atoms. The third kappa shape index (κ3) is 3.99. The molecule has 0 fully saturated rings. The number of ether oxygens (including phenoxy) is 1. The van der Waals surface area contributed by atoms with E-state index in [-0.39, 0.29) is 11.7 Å². The summed E-state index contributed by atoms with van der Waals surface area (Å²) in [5.41, 5.74) is 1.20. The Hall–Kier alpha value is -2.94. The van der Waals surface area contributed by atoms with Crippen LogP contribution in [0.2, 0.25) is 0 Å². The maximum atomic E-state index is 13.0. The van der Waals surface area contributed by atoms with Gasteiger partial charge in [0.2, 0.25) is 11.1 Å². The van der Waals surface area contributed by atoms with Crippen molar-refractivity contribution in [2.45, 2.75) is 17.3 Å². The number of hydrogen-bond donors (Lipinski definition) is 1. The van der Waals surface area contributed by atoms with Gasteiger partial charge >= 0.3 is 0 Å². The van der Waals surface area contributed by atoms with Gasteiger partial charge < -0.3 is 10.1 Å². The minimum Gasteiger partial charge on any atom is -0.494 e. The molecule has 1 unspecified atom stereocenters. The molecule has 1 N–H and O–H groups in total. The van der Waals surface area contributed by atoms with Gasteiger partial charge in [-0.2, -0.15) is 4.68 Å². The molecule has 1 aromatic heterocycles. The fourth-order valence-electron chi connectivity index (χ4n) is 2.20. The zero-order valence-electron chi connectivity index (χ0n) is 14.1. The van der Waals surface area contributed by atoms with Crippen LogP contribution in [0.15, 0.2) is 53.7 Å². The lowest BCUT2D eigenvalue weighted by Gasteiger charge is -2.13. The molecule has 1 atom stereocenters. The van der Waals surface area contributed by atoms with Crippen LogP contribution in [0, 0.1) is 5.82 Å². The molecule has 0 aliphatic rings. The minimum atomic E-state index is -0.473. The molecule has 3 aromatic rings. The maximum absolute atomic E-state index is 13.0. The van der Waals surface area contributed by atoms with E-state index in [4.69, 9.17) is 4.74 Å². The summed E-state index contributed by atoms with van der Waals surface area (Å²) in [4.78, 5) is 12.4. The van der Waals surface area contributed by atoms with Crippen molar-refractivity contribution in [3.8, 4) is 11.4 Å². The zero-order chi connectivity index (χ0) is 18.5. The Balaban J connectivity index is 1.74. The van der Waals surface area contributed by atoms with E-state index < -0.39 is 5.25 Å². The summed E-state index contributed by atoms with van der Waals surface area (Å²) in [6.45, 7) is 1.74. The second-order valence-electron chi connectivity index (χ2n) is 5.30. The number of para-hydroxylation sites is 2. The number of rotatable bonds is 6. The van der Waals surface area contributed by atoms with E-state index in [1.807, 2.05) is 18.2 Å². The molecule has 2 aromatic carbocycles. The second kappa shape index (κ2) is 7.96. The number of hydrogen-bond acceptors (Lipinski definition) is 6. The molecule has 134 valence electrons. The lowest BCUT2D eigenvalue weighted by Crippen LogP contribution is -2.23. The highest BCUT2D eigenvalue weighted by Crippen LogP contribution is 2.28. The van der Waals surface area contributed by atoms with E-state index in [9.17, 15) is 9.18 Å². The number of thioether (sulfide) groups is 1. The molecule has 3 rings (SSSR count). The summed E-state index contributed by atoms with van der Waals surface area (Å²) in [5, 5.41) is 14.4. The van der Waals surface area contributed by atoms with Crippen LogP contribution in [0.5, 0.6) is 5.75 Å². The molecule has 0 bridgehead atoms. The topological polar surface area (TPSA) is 81.9 Å². The number of anilines is 1. The van der Waals surface area contributed by atoms with Gasteiger partial charge in [-0.25, -0.2) is 4.39 Å². The highest BCUT2D eigenvalue weighted by atomic mass is 32.2. The molecule has 0 saturated carbocycles. The Kier molecular flexibility index (Phi) is 5.47. The molecule has 7 nitrogen and oxygen atoms in total. The number of benzene rings is 2. The maximum Gasteiger partial charge on any atom is 0.237 e. The summed E-state index contributed by atoms with van der Waals surface area (Å²) >= 11 is 1.21. The van der Waals surface area contributed by atoms with Crippen molar-refractivity contribution < 1.29 is 13.9 Å². The van der Waals surface area contributed by atoms with Gasteiger partial charge in [-0.1, -0.05) is 23.9 Å². The Morgan fingerprint density at radius 3 is 2.69 bits per heavy atom. The van der Waals surface area contributed by atoms with Crippen LogP contribution in [0.4, 0.5) is 10.1 Å². The van der Waals surface area contributed by atoms with E-state index >= 15 is 0 Å². The zero-order valence-corrected chi connectivity index (χ0v) is 14.9. The van der Waals surface area contributed by atoms with Crippen LogP contribution in [0.25, 0.3) is 5.69 Å². The van der Waals surface area contributed by atoms with Crippen LogP contribution in [-0.4, -0.2) is 38.5 Å². The summed E-state index contributed by atoms with van der Waals surface area (Å²) in [5.74, 6) is 0.0164. The van der Waals surface area contributed by atoms with Crippen molar-refractivity contribution in [2.24, 2.45) is 0 Å². The number of methoxy groups -OCH3 is 1. The van der Waals surface area contributed by atoms with Crippen LogP contribution in [0.3, 0.4) is 0 Å². The van der Waals surface area contributed by atoms with Gasteiger partial charge in [0.15, 0.2) is 0 Å². The lowest BCUT2D eigenvalue weighted by molar-refractivity contribution is -0.115. The van der Waals surface area contributed by atoms with E-state index in [0.717, 1.165) is 0 Å². The smallest absolute Gasteiger partial charge is 0.237 e. The number of halogens is 1. The van der Waals surface area contributed by atoms with Gasteiger partial charge in [0, 0.05) is 5.69 Å². The van der Waals surface area contributed by atoms with E-state index in [1.54, 1.807) is 20.1 Å². The molecule has 0 radical (unpaired) electrons. The Morgan fingerprint density at radius 1 is 1.23 bits per heavy atom. The molecule has 0 aliphatic carbocycles. The fraction of sp³-hybridized carbons (Fsp3) is 0.176. The first-order valence-corrected chi connectivity index (χ1v) is 8.61. The predicted molar refractivity (Wildman–Crippen MR) is 96.1 cm³/mol. The van der Waals surface area contributed by atoms with Gasteiger partial charge in [0.1, 0.15) is 17.3 Å². The van der Waals surface area contributed by atoms with Crippen molar-refractivity contribution in [3.05, 3.63) is 54.3 Å². The van der Waals surface area contributed by atoms with Gasteiger partial charge in [-0.15, -0.1) is 5.10 Å². The molecule has 0 saturated heterocycles. The second-order valence-corrected chi connectivity index (χ2v) is 6.61. The van der Waals surface area contributed by atoms with E-state index in [0.29, 0.717) is 22.3 Å². The van der Waals surface area contributed by atoms with Gasteiger partial charge in [-0.3, -0.25) is 4.79 Å². The van der Waals surface area contributed by atoms with Crippen LogP contribution < -0.4 is 10.1 Å². The molecular formula is C17H16FN5O2S. The fourth-order valence-corrected chi connectivity index (χ4v) is 3.00. The SMILES string of the molecule is COc1ccccc1-n1nnnc1SC(C)C(=O)Nc1ccc(F)cc1. The molecule has 9 heteroatoms. The van der Waals surface area contributed by atoms with Crippen molar-refractivity contribution in [2.75, 3.05) is 12.4 Å². The summed E-state index contributed by atoms with van der Waals surface area (Å²) < 4.78 is 19.8. The van der Waals surface area contributed by atoms with Crippen LogP contribution in [-0.2, 0) is 4.79 Å². The lowest BCUT2D eigenvalue weighted by atomic mass is 10.3. The number of nitrogens with one attached hydrogen (secondary N) is 1. The average Bonchev–Trinajstić information content (AvgIpc) is 3.11. The first kappa shape index (κ1) is 17.9. The highest BCUT2D eigenvalue weighted by Gasteiger charge is 2.20. The molecule has 0 aliphatic heterocycles. The van der Waals surface area contributed by atoms with E-state index in [2.05, 4.69) is 20.8 Å². The number of aromatic nitrogens is 4. The van der Waals surface area contributed by atoms with E-state index in [1.165, 1.54) is 40.7 Å². The van der Waals surface area contributed by atoms with Crippen LogP contribution in [0.1, 0.15) is 6.92 Å². The van der Waals surface area contributed by atoms with Gasteiger partial charge in [0.25, 0.3) is 0 Å². The average molecular weight is 373 g/mol. The van der Waals surface area contributed by atoms with Crippen LogP contribution >= 0.6 is 11.8 Å². The van der Waals surface area contributed by atoms with Crippen molar-refractivity contribution in [1.82, 2.24) is 20.2 Å². The largest absolute Gasteiger partial charge is 0.494 e. The quantitative estimate of drug-likeness (QED) is 0.669. The van der Waals surface area contributed by atoms with Crippen molar-refractivity contribution in [3.63, 3.8) is 0 Å². The Morgan fingerprint density at radius 2 is 1.96 bits per heavy atom.